The number of hydrogen-bond acceptors (Lipinski definition) is 10. The summed E-state index contributed by atoms with van der Waals surface area (Å²) >= 11 is 1.52. The van der Waals surface area contributed by atoms with Gasteiger partial charge in [-0.3, -0.25) is 0 Å². The maximum atomic E-state index is 11.2. The SMILES string of the molecule is CCOc1nc(N2CCNCC2)nc2c1sc1nc(-c3ccc(-c4ccc(C(=O)O)cc4N)cc3)nc(C)c12.[Na+]. The minimum Gasteiger partial charge on any atom is -0.478 e. The van der Waals surface area contributed by atoms with Crippen LogP contribution in [0.4, 0.5) is 11.6 Å². The first kappa shape index (κ1) is 28.2. The van der Waals surface area contributed by atoms with E-state index in [4.69, 9.17) is 30.4 Å². The molecule has 40 heavy (non-hydrogen) atoms. The molecule has 1 saturated heterocycles. The van der Waals surface area contributed by atoms with Gasteiger partial charge in [-0.2, -0.15) is 4.98 Å². The maximum absolute atomic E-state index is 11.2. The van der Waals surface area contributed by atoms with Crippen LogP contribution in [0.1, 0.15) is 23.0 Å². The third-order valence-corrected chi connectivity index (χ3v) is 7.81. The van der Waals surface area contributed by atoms with Gasteiger partial charge in [-0.15, -0.1) is 11.3 Å². The van der Waals surface area contributed by atoms with Crippen molar-refractivity contribution in [3.05, 3.63) is 53.7 Å². The van der Waals surface area contributed by atoms with Crippen molar-refractivity contribution in [1.82, 2.24) is 25.3 Å². The largest absolute Gasteiger partial charge is 1.00 e. The number of aromatic carboxylic acids is 1. The molecule has 1 fully saturated rings. The van der Waals surface area contributed by atoms with Gasteiger partial charge < -0.3 is 25.8 Å². The number of hydrogen-bond donors (Lipinski definition) is 3. The molecule has 10 nitrogen and oxygen atoms in total. The third-order valence-electron chi connectivity index (χ3n) is 6.75. The molecule has 0 unspecified atom stereocenters. The van der Waals surface area contributed by atoms with Gasteiger partial charge in [-0.05, 0) is 31.5 Å². The number of rotatable bonds is 6. The quantitative estimate of drug-likeness (QED) is 0.205. The molecule has 198 valence electrons. The fourth-order valence-corrected chi connectivity index (χ4v) is 5.91. The monoisotopic (exact) mass is 564 g/mol. The molecule has 5 aromatic rings. The van der Waals surface area contributed by atoms with E-state index in [1.54, 1.807) is 12.1 Å². The summed E-state index contributed by atoms with van der Waals surface area (Å²) in [5.74, 6) is 0.852. The number of carboxylic acid groups (broad SMARTS) is 1. The second kappa shape index (κ2) is 11.6. The van der Waals surface area contributed by atoms with E-state index in [0.29, 0.717) is 29.9 Å². The van der Waals surface area contributed by atoms with Crippen molar-refractivity contribution in [2.75, 3.05) is 43.4 Å². The molecular formula is C28H27N7NaO3S+. The summed E-state index contributed by atoms with van der Waals surface area (Å²) in [6.07, 6.45) is 0. The van der Waals surface area contributed by atoms with Crippen LogP contribution in [0.2, 0.25) is 0 Å². The Bertz CT molecular complexity index is 1720. The molecule has 0 atom stereocenters. The Morgan fingerprint density at radius 1 is 1.07 bits per heavy atom. The number of nitrogens with two attached hydrogens (primary N) is 1. The molecule has 0 spiro atoms. The smallest absolute Gasteiger partial charge is 0.478 e. The average molecular weight is 565 g/mol. The molecule has 12 heteroatoms. The van der Waals surface area contributed by atoms with E-state index in [1.807, 2.05) is 38.1 Å². The Morgan fingerprint density at radius 3 is 2.48 bits per heavy atom. The van der Waals surface area contributed by atoms with E-state index in [9.17, 15) is 9.90 Å². The molecule has 0 aliphatic carbocycles. The summed E-state index contributed by atoms with van der Waals surface area (Å²) in [5, 5.41) is 13.5. The minimum atomic E-state index is -1.01. The summed E-state index contributed by atoms with van der Waals surface area (Å²) < 4.78 is 6.82. The van der Waals surface area contributed by atoms with E-state index < -0.39 is 5.97 Å². The van der Waals surface area contributed by atoms with Crippen molar-refractivity contribution in [3.63, 3.8) is 0 Å². The predicted molar refractivity (Wildman–Crippen MR) is 154 cm³/mol. The molecule has 3 aromatic heterocycles. The molecule has 1 aliphatic rings. The van der Waals surface area contributed by atoms with Crippen molar-refractivity contribution in [2.24, 2.45) is 0 Å². The molecule has 0 saturated carbocycles. The Kier molecular flexibility index (Phi) is 8.20. The number of anilines is 2. The molecule has 0 bridgehead atoms. The summed E-state index contributed by atoms with van der Waals surface area (Å²) in [4.78, 5) is 33.7. The van der Waals surface area contributed by atoms with Gasteiger partial charge in [0.25, 0.3) is 0 Å². The third kappa shape index (κ3) is 5.23. The summed E-state index contributed by atoms with van der Waals surface area (Å²) in [7, 11) is 0. The second-order valence-electron chi connectivity index (χ2n) is 9.28. The van der Waals surface area contributed by atoms with Crippen LogP contribution in [-0.2, 0) is 0 Å². The van der Waals surface area contributed by atoms with E-state index in [1.165, 1.54) is 17.4 Å². The van der Waals surface area contributed by atoms with Crippen LogP contribution >= 0.6 is 11.3 Å². The van der Waals surface area contributed by atoms with Gasteiger partial charge in [0.2, 0.25) is 11.8 Å². The van der Waals surface area contributed by atoms with Crippen LogP contribution in [0.15, 0.2) is 42.5 Å². The average Bonchev–Trinajstić information content (AvgIpc) is 3.33. The first-order chi connectivity index (χ1) is 18.9. The van der Waals surface area contributed by atoms with Crippen LogP contribution in [0.25, 0.3) is 42.9 Å². The van der Waals surface area contributed by atoms with Gasteiger partial charge in [0.1, 0.15) is 15.0 Å². The van der Waals surface area contributed by atoms with E-state index >= 15 is 0 Å². The fraction of sp³-hybridized carbons (Fsp3) is 0.250. The number of carboxylic acids is 1. The number of benzene rings is 2. The molecule has 4 heterocycles. The van der Waals surface area contributed by atoms with Crippen molar-refractivity contribution in [2.45, 2.75) is 13.8 Å². The number of piperazine rings is 1. The minimum absolute atomic E-state index is 0. The molecule has 1 aliphatic heterocycles. The van der Waals surface area contributed by atoms with E-state index in [2.05, 4.69) is 10.2 Å². The number of nitrogens with zero attached hydrogens (tertiary/aromatic N) is 5. The van der Waals surface area contributed by atoms with Gasteiger partial charge in [-0.1, -0.05) is 30.3 Å². The summed E-state index contributed by atoms with van der Waals surface area (Å²) in [6.45, 7) is 7.89. The zero-order valence-electron chi connectivity index (χ0n) is 22.6. The Balaban J connectivity index is 0.00000323. The van der Waals surface area contributed by atoms with Crippen LogP contribution in [0.3, 0.4) is 0 Å². The van der Waals surface area contributed by atoms with Crippen LogP contribution in [-0.4, -0.2) is 63.8 Å². The normalized spacial score (nSPS) is 13.4. The first-order valence-electron chi connectivity index (χ1n) is 12.7. The van der Waals surface area contributed by atoms with Gasteiger partial charge >= 0.3 is 35.5 Å². The molecule has 0 amide bonds. The maximum Gasteiger partial charge on any atom is 1.00 e. The summed E-state index contributed by atoms with van der Waals surface area (Å²) in [5.41, 5.74) is 10.9. The zero-order valence-corrected chi connectivity index (χ0v) is 25.4. The van der Waals surface area contributed by atoms with Gasteiger partial charge in [0.15, 0.2) is 5.82 Å². The number of thiophene rings is 1. The van der Waals surface area contributed by atoms with Gasteiger partial charge in [0, 0.05) is 43.0 Å². The molecule has 0 radical (unpaired) electrons. The number of nitrogen functional groups attached to an aromatic ring is 1. The molecule has 6 rings (SSSR count). The Morgan fingerprint density at radius 2 is 1.80 bits per heavy atom. The molecule has 4 N–H and O–H groups in total. The zero-order chi connectivity index (χ0) is 27.1. The number of fused-ring (bicyclic) bond motifs is 3. The molecular weight excluding hydrogens is 537 g/mol. The topological polar surface area (TPSA) is 139 Å². The van der Waals surface area contributed by atoms with Gasteiger partial charge in [0.05, 0.1) is 23.3 Å². The number of ether oxygens (including phenoxy) is 1. The van der Waals surface area contributed by atoms with E-state index in [-0.39, 0.29) is 35.1 Å². The number of carbonyl (C=O) groups is 1. The van der Waals surface area contributed by atoms with Crippen molar-refractivity contribution >= 4 is 49.4 Å². The number of aromatic nitrogens is 4. The van der Waals surface area contributed by atoms with Crippen LogP contribution < -0.4 is 50.2 Å². The van der Waals surface area contributed by atoms with Crippen LogP contribution in [0.5, 0.6) is 5.88 Å². The van der Waals surface area contributed by atoms with Crippen LogP contribution in [0, 0.1) is 6.92 Å². The van der Waals surface area contributed by atoms with Gasteiger partial charge in [-0.25, -0.2) is 19.7 Å². The second-order valence-corrected chi connectivity index (χ2v) is 10.3. The Hall–Kier alpha value is -3.35. The van der Waals surface area contributed by atoms with E-state index in [0.717, 1.165) is 69.0 Å². The predicted octanol–water partition coefficient (Wildman–Crippen LogP) is 1.37. The van der Waals surface area contributed by atoms with Crippen molar-refractivity contribution < 1.29 is 44.2 Å². The number of nitrogens with one attached hydrogen (secondary N) is 1. The van der Waals surface area contributed by atoms with Crippen molar-refractivity contribution in [3.8, 4) is 28.4 Å². The summed E-state index contributed by atoms with van der Waals surface area (Å²) in [6, 6.07) is 12.5. The van der Waals surface area contributed by atoms with Crippen molar-refractivity contribution in [1.29, 1.82) is 0 Å². The first-order valence-corrected chi connectivity index (χ1v) is 13.6. The molecule has 2 aromatic carbocycles. The Labute approximate surface area is 256 Å². The standard InChI is InChI=1S/C28H27N7O3S.Na/c1-3-38-25-23-22(32-28(34-25)35-12-10-30-11-13-35)21-15(2)31-24(33-26(21)39-23)17-6-4-16(5-7-17)19-9-8-18(27(36)37)14-20(19)29;/h4-9,14,30H,3,10-13,29H2,1-2H3,(H,36,37);/q;+1. The number of aryl methyl sites for hydroxylation is 1. The fourth-order valence-electron chi connectivity index (χ4n) is 4.80.